The maximum atomic E-state index is 11.1. The van der Waals surface area contributed by atoms with Crippen LogP contribution < -0.4 is 10.6 Å². The Bertz CT molecular complexity index is 442. The summed E-state index contributed by atoms with van der Waals surface area (Å²) in [7, 11) is 0. The summed E-state index contributed by atoms with van der Waals surface area (Å²) in [5.41, 5.74) is 7.11. The number of hydrogen-bond acceptors (Lipinski definition) is 3. The molecule has 0 aromatic heterocycles. The summed E-state index contributed by atoms with van der Waals surface area (Å²) in [5.74, 6) is 0. The molecule has 0 unspecified atom stereocenters. The van der Waals surface area contributed by atoms with Crippen molar-refractivity contribution < 1.29 is 9.90 Å². The van der Waals surface area contributed by atoms with E-state index in [0.29, 0.717) is 19.6 Å². The summed E-state index contributed by atoms with van der Waals surface area (Å²) in [6, 6.07) is 7.68. The summed E-state index contributed by atoms with van der Waals surface area (Å²) in [6.07, 6.45) is -0.850. The molecular formula is C13H19N3O2. The number of piperazine rings is 1. The van der Waals surface area contributed by atoms with E-state index in [-0.39, 0.29) is 5.54 Å². The van der Waals surface area contributed by atoms with E-state index in [9.17, 15) is 4.79 Å². The molecule has 0 spiro atoms. The van der Waals surface area contributed by atoms with Gasteiger partial charge in [0, 0.05) is 31.0 Å². The highest BCUT2D eigenvalue weighted by molar-refractivity contribution is 5.67. The van der Waals surface area contributed by atoms with Gasteiger partial charge in [0.15, 0.2) is 0 Å². The highest BCUT2D eigenvalue weighted by Crippen LogP contribution is 2.26. The van der Waals surface area contributed by atoms with E-state index in [1.54, 1.807) is 0 Å². The summed E-state index contributed by atoms with van der Waals surface area (Å²) in [4.78, 5) is 14.8. The lowest BCUT2D eigenvalue weighted by Gasteiger charge is -2.46. The van der Waals surface area contributed by atoms with Gasteiger partial charge in [-0.05, 0) is 38.1 Å². The molecule has 18 heavy (non-hydrogen) atoms. The Morgan fingerprint density at radius 2 is 1.89 bits per heavy atom. The van der Waals surface area contributed by atoms with Crippen LogP contribution in [0.15, 0.2) is 24.3 Å². The second-order valence-electron chi connectivity index (χ2n) is 5.26. The monoisotopic (exact) mass is 249 g/mol. The number of anilines is 2. The Morgan fingerprint density at radius 1 is 1.28 bits per heavy atom. The minimum absolute atomic E-state index is 0.383. The van der Waals surface area contributed by atoms with Crippen LogP contribution in [0.1, 0.15) is 13.8 Å². The fourth-order valence-electron chi connectivity index (χ4n) is 2.41. The van der Waals surface area contributed by atoms with Gasteiger partial charge < -0.3 is 15.7 Å². The number of nitrogens with zero attached hydrogens (tertiary/aromatic N) is 2. The van der Waals surface area contributed by atoms with Crippen LogP contribution in [0.2, 0.25) is 0 Å². The smallest absolute Gasteiger partial charge is 0.407 e. The second kappa shape index (κ2) is 4.40. The number of nitrogen functional groups attached to an aromatic ring is 1. The minimum Gasteiger partial charge on any atom is -0.465 e. The predicted octanol–water partition coefficient (Wildman–Crippen LogP) is 1.85. The zero-order valence-electron chi connectivity index (χ0n) is 10.8. The summed E-state index contributed by atoms with van der Waals surface area (Å²) in [6.45, 7) is 5.81. The molecule has 0 bridgehead atoms. The first-order chi connectivity index (χ1) is 8.40. The van der Waals surface area contributed by atoms with Gasteiger partial charge in [-0.15, -0.1) is 0 Å². The molecule has 0 saturated carbocycles. The number of rotatable bonds is 1. The number of benzene rings is 1. The van der Waals surface area contributed by atoms with Crippen LogP contribution in [-0.2, 0) is 0 Å². The average Bonchev–Trinajstić information content (AvgIpc) is 2.28. The molecule has 1 fully saturated rings. The van der Waals surface area contributed by atoms with Gasteiger partial charge in [-0.1, -0.05) is 0 Å². The molecule has 1 aliphatic rings. The van der Waals surface area contributed by atoms with Crippen molar-refractivity contribution in [1.82, 2.24) is 4.90 Å². The van der Waals surface area contributed by atoms with Crippen molar-refractivity contribution in [1.29, 1.82) is 0 Å². The van der Waals surface area contributed by atoms with E-state index >= 15 is 0 Å². The molecule has 1 aliphatic heterocycles. The second-order valence-corrected chi connectivity index (χ2v) is 5.26. The molecule has 1 heterocycles. The van der Waals surface area contributed by atoms with Crippen LogP contribution in [0.25, 0.3) is 0 Å². The predicted molar refractivity (Wildman–Crippen MR) is 71.9 cm³/mol. The summed E-state index contributed by atoms with van der Waals surface area (Å²) >= 11 is 0. The topological polar surface area (TPSA) is 69.8 Å². The van der Waals surface area contributed by atoms with E-state index in [4.69, 9.17) is 10.8 Å². The number of amides is 1. The van der Waals surface area contributed by atoms with Gasteiger partial charge in [-0.2, -0.15) is 0 Å². The maximum Gasteiger partial charge on any atom is 0.407 e. The Labute approximate surface area is 107 Å². The molecule has 0 radical (unpaired) electrons. The van der Waals surface area contributed by atoms with Gasteiger partial charge in [0.1, 0.15) is 0 Å². The first kappa shape index (κ1) is 12.5. The normalized spacial score (nSPS) is 18.8. The molecular weight excluding hydrogens is 230 g/mol. The van der Waals surface area contributed by atoms with Gasteiger partial charge in [-0.3, -0.25) is 4.90 Å². The molecule has 5 nitrogen and oxygen atoms in total. The van der Waals surface area contributed by atoms with Crippen LogP contribution in [0.5, 0.6) is 0 Å². The highest BCUT2D eigenvalue weighted by Gasteiger charge is 2.36. The average molecular weight is 249 g/mol. The zero-order valence-corrected chi connectivity index (χ0v) is 10.8. The van der Waals surface area contributed by atoms with Gasteiger partial charge in [0.25, 0.3) is 0 Å². The lowest BCUT2D eigenvalue weighted by atomic mass is 9.99. The lowest BCUT2D eigenvalue weighted by Crippen LogP contribution is -2.60. The van der Waals surface area contributed by atoms with Crippen molar-refractivity contribution in [3.05, 3.63) is 24.3 Å². The Morgan fingerprint density at radius 3 is 2.39 bits per heavy atom. The van der Waals surface area contributed by atoms with E-state index in [1.165, 1.54) is 4.90 Å². The summed E-state index contributed by atoms with van der Waals surface area (Å²) in [5, 5.41) is 9.16. The van der Waals surface area contributed by atoms with E-state index in [1.807, 2.05) is 38.1 Å². The standard InChI is InChI=1S/C13H19N3O2/c1-13(2)9-15(7-8-16(13)12(17)18)11-5-3-10(14)4-6-11/h3-6H,7-9,14H2,1-2H3,(H,17,18). The zero-order chi connectivity index (χ0) is 13.3. The van der Waals surface area contributed by atoms with Crippen molar-refractivity contribution in [2.24, 2.45) is 0 Å². The van der Waals surface area contributed by atoms with Gasteiger partial charge in [-0.25, -0.2) is 4.79 Å². The van der Waals surface area contributed by atoms with Crippen molar-refractivity contribution >= 4 is 17.5 Å². The SMILES string of the molecule is CC1(C)CN(c2ccc(N)cc2)CCN1C(=O)O. The summed E-state index contributed by atoms with van der Waals surface area (Å²) < 4.78 is 0. The van der Waals surface area contributed by atoms with Gasteiger partial charge >= 0.3 is 6.09 Å². The molecule has 1 aromatic carbocycles. The first-order valence-electron chi connectivity index (χ1n) is 6.01. The van der Waals surface area contributed by atoms with Crippen LogP contribution >= 0.6 is 0 Å². The fourth-order valence-corrected chi connectivity index (χ4v) is 2.41. The fraction of sp³-hybridized carbons (Fsp3) is 0.462. The highest BCUT2D eigenvalue weighted by atomic mass is 16.4. The number of nitrogens with two attached hydrogens (primary N) is 1. The van der Waals surface area contributed by atoms with Crippen LogP contribution in [0.3, 0.4) is 0 Å². The van der Waals surface area contributed by atoms with Crippen LogP contribution in [0, 0.1) is 0 Å². The van der Waals surface area contributed by atoms with E-state index < -0.39 is 6.09 Å². The lowest BCUT2D eigenvalue weighted by molar-refractivity contribution is 0.0845. The quantitative estimate of drug-likeness (QED) is 0.745. The molecule has 1 saturated heterocycles. The Kier molecular flexibility index (Phi) is 3.07. The Balaban J connectivity index is 2.15. The number of hydrogen-bond donors (Lipinski definition) is 2. The minimum atomic E-state index is -0.850. The van der Waals surface area contributed by atoms with Crippen molar-refractivity contribution in [3.8, 4) is 0 Å². The Hall–Kier alpha value is -1.91. The number of carbonyl (C=O) groups is 1. The molecule has 1 amide bonds. The molecule has 5 heteroatoms. The van der Waals surface area contributed by atoms with Gasteiger partial charge in [0.05, 0.1) is 5.54 Å². The van der Waals surface area contributed by atoms with E-state index in [0.717, 1.165) is 11.4 Å². The van der Waals surface area contributed by atoms with Crippen LogP contribution in [0.4, 0.5) is 16.2 Å². The number of carboxylic acid groups (broad SMARTS) is 1. The van der Waals surface area contributed by atoms with Crippen molar-refractivity contribution in [2.45, 2.75) is 19.4 Å². The molecule has 0 atom stereocenters. The van der Waals surface area contributed by atoms with Crippen LogP contribution in [-0.4, -0.2) is 41.3 Å². The first-order valence-corrected chi connectivity index (χ1v) is 6.01. The van der Waals surface area contributed by atoms with Crippen molar-refractivity contribution in [2.75, 3.05) is 30.3 Å². The molecule has 0 aliphatic carbocycles. The molecule has 3 N–H and O–H groups in total. The largest absolute Gasteiger partial charge is 0.465 e. The molecule has 1 aromatic rings. The molecule has 2 rings (SSSR count). The third-order valence-corrected chi connectivity index (χ3v) is 3.39. The van der Waals surface area contributed by atoms with E-state index in [2.05, 4.69) is 4.90 Å². The third kappa shape index (κ3) is 2.34. The maximum absolute atomic E-state index is 11.1. The third-order valence-electron chi connectivity index (χ3n) is 3.39. The van der Waals surface area contributed by atoms with Crippen molar-refractivity contribution in [3.63, 3.8) is 0 Å². The van der Waals surface area contributed by atoms with Gasteiger partial charge in [0.2, 0.25) is 0 Å². The molecule has 98 valence electrons.